The van der Waals surface area contributed by atoms with Gasteiger partial charge in [0.2, 0.25) is 5.78 Å². The normalized spacial score (nSPS) is 17.1. The Hall–Kier alpha value is -2.38. The molecule has 1 amide bonds. The van der Waals surface area contributed by atoms with Gasteiger partial charge >= 0.3 is 0 Å². The van der Waals surface area contributed by atoms with Crippen LogP contribution in [-0.4, -0.2) is 42.0 Å². The number of amides is 1. The van der Waals surface area contributed by atoms with Gasteiger partial charge < -0.3 is 19.2 Å². The number of hydrogen-bond donors (Lipinski definition) is 1. The summed E-state index contributed by atoms with van der Waals surface area (Å²) in [6.07, 6.45) is 0.585. The van der Waals surface area contributed by atoms with Crippen LogP contribution in [0.4, 0.5) is 0 Å². The van der Waals surface area contributed by atoms with Gasteiger partial charge in [0.1, 0.15) is 5.76 Å². The van der Waals surface area contributed by atoms with Crippen molar-refractivity contribution >= 4 is 27.6 Å². The van der Waals surface area contributed by atoms with E-state index >= 15 is 0 Å². The highest BCUT2D eigenvalue weighted by atomic mass is 79.9. The third-order valence-corrected chi connectivity index (χ3v) is 4.92. The Morgan fingerprint density at radius 2 is 2.11 bits per heavy atom. The fraction of sp³-hybridized carbons (Fsp3) is 0.300. The first-order chi connectivity index (χ1) is 12.9. The van der Waals surface area contributed by atoms with Gasteiger partial charge in [0, 0.05) is 24.7 Å². The summed E-state index contributed by atoms with van der Waals surface area (Å²) < 4.78 is 11.3. The highest BCUT2D eigenvalue weighted by Gasteiger charge is 2.44. The molecule has 6 nitrogen and oxygen atoms in total. The minimum atomic E-state index is -0.690. The van der Waals surface area contributed by atoms with Crippen LogP contribution in [0.15, 0.2) is 56.6 Å². The van der Waals surface area contributed by atoms with Crippen LogP contribution in [0.2, 0.25) is 0 Å². The molecule has 0 unspecified atom stereocenters. The molecule has 1 aromatic heterocycles. The summed E-state index contributed by atoms with van der Waals surface area (Å²) >= 11 is 3.42. The molecule has 0 bridgehead atoms. The molecule has 27 heavy (non-hydrogen) atoms. The molecular weight excluding hydrogens is 414 g/mol. The molecule has 7 heteroatoms. The number of ketones is 1. The number of aryl methyl sites for hydroxylation is 1. The molecule has 0 spiro atoms. The van der Waals surface area contributed by atoms with E-state index in [9.17, 15) is 14.7 Å². The van der Waals surface area contributed by atoms with Gasteiger partial charge in [-0.15, -0.1) is 0 Å². The summed E-state index contributed by atoms with van der Waals surface area (Å²) in [5.41, 5.74) is 0.760. The maximum atomic E-state index is 13.0. The molecule has 1 aliphatic rings. The molecule has 0 radical (unpaired) electrons. The van der Waals surface area contributed by atoms with E-state index in [-0.39, 0.29) is 11.3 Å². The molecule has 142 valence electrons. The smallest absolute Gasteiger partial charge is 0.290 e. The van der Waals surface area contributed by atoms with E-state index in [2.05, 4.69) is 15.9 Å². The number of carbonyl (C=O) groups is 2. The molecule has 1 atom stereocenters. The number of aliphatic hydroxyl groups is 1. The van der Waals surface area contributed by atoms with Crippen molar-refractivity contribution in [2.24, 2.45) is 0 Å². The molecule has 0 saturated heterocycles. The van der Waals surface area contributed by atoms with Crippen LogP contribution in [0.3, 0.4) is 0 Å². The molecule has 0 aliphatic carbocycles. The van der Waals surface area contributed by atoms with Gasteiger partial charge in [-0.25, -0.2) is 0 Å². The van der Waals surface area contributed by atoms with E-state index in [1.165, 1.54) is 4.90 Å². The largest absolute Gasteiger partial charge is 0.503 e. The zero-order valence-corrected chi connectivity index (χ0v) is 16.7. The number of benzene rings is 1. The van der Waals surface area contributed by atoms with Crippen LogP contribution in [0, 0.1) is 6.92 Å². The summed E-state index contributed by atoms with van der Waals surface area (Å²) in [4.78, 5) is 27.2. The fourth-order valence-corrected chi connectivity index (χ4v) is 3.62. The van der Waals surface area contributed by atoms with Crippen molar-refractivity contribution in [1.29, 1.82) is 0 Å². The topological polar surface area (TPSA) is 80.0 Å². The van der Waals surface area contributed by atoms with Gasteiger partial charge in [-0.3, -0.25) is 9.59 Å². The lowest BCUT2D eigenvalue weighted by Gasteiger charge is -2.26. The minimum Gasteiger partial charge on any atom is -0.503 e. The molecule has 1 aliphatic heterocycles. The number of rotatable bonds is 7. The van der Waals surface area contributed by atoms with Crippen molar-refractivity contribution in [3.05, 3.63) is 69.3 Å². The van der Waals surface area contributed by atoms with E-state index in [0.717, 1.165) is 10.0 Å². The molecular formula is C20H20BrNO5. The van der Waals surface area contributed by atoms with Gasteiger partial charge in [0.05, 0.1) is 11.6 Å². The second-order valence-corrected chi connectivity index (χ2v) is 7.22. The number of halogens is 1. The average molecular weight is 434 g/mol. The molecule has 3 rings (SSSR count). The Bertz CT molecular complexity index is 901. The SMILES string of the molecule is COCCCN1C(=O)C(O)=C(C(=O)c2ccc(C)o2)[C@H]1c1cccc(Br)c1. The Balaban J connectivity index is 2.04. The van der Waals surface area contributed by atoms with Crippen molar-refractivity contribution in [3.8, 4) is 0 Å². The Kier molecular flexibility index (Phi) is 5.82. The van der Waals surface area contributed by atoms with Crippen LogP contribution in [0.5, 0.6) is 0 Å². The minimum absolute atomic E-state index is 0.0323. The first-order valence-corrected chi connectivity index (χ1v) is 9.33. The van der Waals surface area contributed by atoms with E-state index in [4.69, 9.17) is 9.15 Å². The Labute approximate surface area is 165 Å². The summed E-state index contributed by atoms with van der Waals surface area (Å²) in [5.74, 6) is -0.911. The Morgan fingerprint density at radius 3 is 2.74 bits per heavy atom. The van der Waals surface area contributed by atoms with Crippen molar-refractivity contribution < 1.29 is 23.8 Å². The van der Waals surface area contributed by atoms with Gasteiger partial charge in [-0.2, -0.15) is 0 Å². The van der Waals surface area contributed by atoms with Crippen LogP contribution < -0.4 is 0 Å². The van der Waals surface area contributed by atoms with Crippen LogP contribution in [-0.2, 0) is 9.53 Å². The molecule has 2 heterocycles. The standard InChI is InChI=1S/C20H20BrNO5/c1-12-7-8-15(27-12)18(23)16-17(13-5-3-6-14(21)11-13)22(9-4-10-26-2)20(25)19(16)24/h3,5-8,11,17,24H,4,9-10H2,1-2H3/t17-/m1/s1. The lowest BCUT2D eigenvalue weighted by molar-refractivity contribution is -0.129. The second-order valence-electron chi connectivity index (χ2n) is 6.30. The summed E-state index contributed by atoms with van der Waals surface area (Å²) in [7, 11) is 1.58. The predicted octanol–water partition coefficient (Wildman–Crippen LogP) is 3.97. The van der Waals surface area contributed by atoms with Crippen LogP contribution in [0.1, 0.15) is 34.3 Å². The van der Waals surface area contributed by atoms with Gasteiger partial charge in [0.25, 0.3) is 5.91 Å². The highest BCUT2D eigenvalue weighted by molar-refractivity contribution is 9.10. The Morgan fingerprint density at radius 1 is 1.33 bits per heavy atom. The number of carbonyl (C=O) groups excluding carboxylic acids is 2. The summed E-state index contributed by atoms with van der Waals surface area (Å²) in [6.45, 7) is 2.55. The van der Waals surface area contributed by atoms with Gasteiger partial charge in [-0.1, -0.05) is 28.1 Å². The lowest BCUT2D eigenvalue weighted by Crippen LogP contribution is -2.32. The van der Waals surface area contributed by atoms with Crippen molar-refractivity contribution in [1.82, 2.24) is 4.90 Å². The molecule has 0 fully saturated rings. The number of nitrogens with zero attached hydrogens (tertiary/aromatic N) is 1. The number of methoxy groups -OCH3 is 1. The number of furan rings is 1. The third-order valence-electron chi connectivity index (χ3n) is 4.42. The molecule has 1 aromatic carbocycles. The lowest BCUT2D eigenvalue weighted by atomic mass is 9.95. The predicted molar refractivity (Wildman–Crippen MR) is 103 cm³/mol. The van der Waals surface area contributed by atoms with Gasteiger partial charge in [0.15, 0.2) is 11.5 Å². The maximum absolute atomic E-state index is 13.0. The van der Waals surface area contributed by atoms with Crippen LogP contribution in [0.25, 0.3) is 0 Å². The zero-order valence-electron chi connectivity index (χ0n) is 15.1. The first-order valence-electron chi connectivity index (χ1n) is 8.53. The second kappa shape index (κ2) is 8.10. The zero-order chi connectivity index (χ0) is 19.6. The summed E-state index contributed by atoms with van der Waals surface area (Å²) in [5, 5.41) is 10.5. The van der Waals surface area contributed by atoms with E-state index in [1.54, 1.807) is 26.2 Å². The molecule has 0 saturated carbocycles. The van der Waals surface area contributed by atoms with Crippen molar-refractivity contribution in [3.63, 3.8) is 0 Å². The van der Waals surface area contributed by atoms with Crippen molar-refractivity contribution in [2.45, 2.75) is 19.4 Å². The molecule has 1 N–H and O–H groups in total. The van der Waals surface area contributed by atoms with Crippen LogP contribution >= 0.6 is 15.9 Å². The average Bonchev–Trinajstić information content (AvgIpc) is 3.18. The van der Waals surface area contributed by atoms with E-state index < -0.39 is 23.5 Å². The van der Waals surface area contributed by atoms with Gasteiger partial charge in [-0.05, 0) is 43.2 Å². The third kappa shape index (κ3) is 3.84. The number of Topliss-reactive ketones (excluding diaryl/α,β-unsaturated/α-hetero) is 1. The number of ether oxygens (including phenoxy) is 1. The maximum Gasteiger partial charge on any atom is 0.290 e. The molecule has 2 aromatic rings. The number of aliphatic hydroxyl groups excluding tert-OH is 1. The quantitative estimate of drug-likeness (QED) is 0.527. The van der Waals surface area contributed by atoms with Crippen molar-refractivity contribution in [2.75, 3.05) is 20.3 Å². The van der Waals surface area contributed by atoms with E-state index in [1.807, 2.05) is 24.3 Å². The summed E-state index contributed by atoms with van der Waals surface area (Å²) in [6, 6.07) is 9.87. The van der Waals surface area contributed by atoms with E-state index in [0.29, 0.717) is 25.3 Å². The fourth-order valence-electron chi connectivity index (χ4n) is 3.21. The first kappa shape index (κ1) is 19.4. The monoisotopic (exact) mass is 433 g/mol. The highest BCUT2D eigenvalue weighted by Crippen LogP contribution is 2.39. The number of hydrogen-bond acceptors (Lipinski definition) is 5.